The number of nitriles is 1. The Bertz CT molecular complexity index is 838. The number of furan rings is 1. The zero-order chi connectivity index (χ0) is 19.6. The Hall–Kier alpha value is -2.56. The number of amides is 1. The summed E-state index contributed by atoms with van der Waals surface area (Å²) < 4.78 is 13.1. The smallest absolute Gasteiger partial charge is 0.239 e. The van der Waals surface area contributed by atoms with Gasteiger partial charge in [-0.15, -0.1) is 0 Å². The normalized spacial score (nSPS) is 20.4. The number of hydrogen-bond donors (Lipinski definition) is 1. The first kappa shape index (κ1) is 19.2. The molecule has 2 atom stereocenters. The van der Waals surface area contributed by atoms with Crippen molar-refractivity contribution in [1.82, 2.24) is 9.47 Å². The Morgan fingerprint density at radius 2 is 2.04 bits per heavy atom. The number of ether oxygens (including phenoxy) is 1. The zero-order valence-corrected chi connectivity index (χ0v) is 16.3. The van der Waals surface area contributed by atoms with E-state index in [1.807, 2.05) is 44.4 Å². The van der Waals surface area contributed by atoms with Gasteiger partial charge in [-0.25, -0.2) is 0 Å². The van der Waals surface area contributed by atoms with Gasteiger partial charge < -0.3 is 19.0 Å². The molecule has 1 saturated heterocycles. The molecule has 144 valence electrons. The lowest BCUT2D eigenvalue weighted by Crippen LogP contribution is -2.48. The molecule has 0 saturated carbocycles. The minimum atomic E-state index is -0.133. The van der Waals surface area contributed by atoms with Gasteiger partial charge in [-0.05, 0) is 45.4 Å². The van der Waals surface area contributed by atoms with Gasteiger partial charge in [0.05, 0.1) is 37.1 Å². The molecule has 27 heavy (non-hydrogen) atoms. The highest BCUT2D eigenvalue weighted by Gasteiger charge is 2.25. The third-order valence-electron chi connectivity index (χ3n) is 4.96. The number of morpholine rings is 1. The molecule has 1 aliphatic heterocycles. The van der Waals surface area contributed by atoms with Crippen molar-refractivity contribution in [2.24, 2.45) is 0 Å². The predicted octanol–water partition coefficient (Wildman–Crippen LogP) is 2.67. The molecule has 1 amide bonds. The largest absolute Gasteiger partial charge is 0.467 e. The predicted molar refractivity (Wildman–Crippen MR) is 102 cm³/mol. The first-order chi connectivity index (χ1) is 12.9. The summed E-state index contributed by atoms with van der Waals surface area (Å²) >= 11 is 0. The van der Waals surface area contributed by atoms with E-state index in [0.29, 0.717) is 31.0 Å². The Morgan fingerprint density at radius 3 is 2.63 bits per heavy atom. The van der Waals surface area contributed by atoms with Crippen LogP contribution in [0.2, 0.25) is 0 Å². The summed E-state index contributed by atoms with van der Waals surface area (Å²) in [6, 6.07) is 5.93. The third-order valence-corrected chi connectivity index (χ3v) is 4.96. The van der Waals surface area contributed by atoms with Crippen molar-refractivity contribution in [2.45, 2.75) is 46.4 Å². The first-order valence-corrected chi connectivity index (χ1v) is 9.18. The number of aromatic nitrogens is 1. The maximum absolute atomic E-state index is 12.7. The third kappa shape index (κ3) is 4.24. The van der Waals surface area contributed by atoms with Gasteiger partial charge in [0, 0.05) is 18.8 Å². The van der Waals surface area contributed by atoms with Crippen molar-refractivity contribution in [2.75, 3.05) is 25.0 Å². The van der Waals surface area contributed by atoms with Crippen LogP contribution >= 0.6 is 0 Å². The van der Waals surface area contributed by atoms with E-state index in [1.165, 1.54) is 0 Å². The number of hydrogen-bond acceptors (Lipinski definition) is 5. The van der Waals surface area contributed by atoms with Crippen molar-refractivity contribution in [3.63, 3.8) is 0 Å². The highest BCUT2D eigenvalue weighted by molar-refractivity contribution is 5.93. The van der Waals surface area contributed by atoms with E-state index in [1.54, 1.807) is 6.26 Å². The molecule has 1 fully saturated rings. The molecule has 0 aliphatic carbocycles. The maximum atomic E-state index is 12.7. The monoisotopic (exact) mass is 370 g/mol. The summed E-state index contributed by atoms with van der Waals surface area (Å²) in [5.41, 5.74) is 2.30. The molecule has 0 aromatic carbocycles. The van der Waals surface area contributed by atoms with Crippen LogP contribution in [0.3, 0.4) is 0 Å². The van der Waals surface area contributed by atoms with Gasteiger partial charge in [-0.2, -0.15) is 5.26 Å². The average Bonchev–Trinajstić information content (AvgIpc) is 3.17. The van der Waals surface area contributed by atoms with Gasteiger partial charge in [0.25, 0.3) is 0 Å². The summed E-state index contributed by atoms with van der Waals surface area (Å²) in [5, 5.41) is 12.6. The Labute approximate surface area is 159 Å². The fourth-order valence-corrected chi connectivity index (χ4v) is 3.67. The molecule has 0 bridgehead atoms. The van der Waals surface area contributed by atoms with E-state index in [4.69, 9.17) is 9.15 Å². The van der Waals surface area contributed by atoms with Crippen LogP contribution < -0.4 is 5.32 Å². The zero-order valence-electron chi connectivity index (χ0n) is 16.3. The average molecular weight is 370 g/mol. The number of anilines is 1. The molecular formula is C20H26N4O3. The molecule has 3 rings (SSSR count). The van der Waals surface area contributed by atoms with Crippen LogP contribution in [-0.4, -0.2) is 47.2 Å². The summed E-state index contributed by atoms with van der Waals surface area (Å²) in [4.78, 5) is 14.8. The van der Waals surface area contributed by atoms with E-state index < -0.39 is 0 Å². The lowest BCUT2D eigenvalue weighted by Gasteiger charge is -2.34. The number of rotatable bonds is 5. The summed E-state index contributed by atoms with van der Waals surface area (Å²) in [6.45, 7) is 10.0. The number of carbonyl (C=O) groups excluding carboxylic acids is 1. The van der Waals surface area contributed by atoms with Crippen molar-refractivity contribution in [3.05, 3.63) is 41.0 Å². The van der Waals surface area contributed by atoms with Gasteiger partial charge in [-0.1, -0.05) is 0 Å². The Kier molecular flexibility index (Phi) is 5.68. The van der Waals surface area contributed by atoms with Gasteiger partial charge in [0.15, 0.2) is 0 Å². The van der Waals surface area contributed by atoms with Crippen LogP contribution in [0.1, 0.15) is 36.4 Å². The highest BCUT2D eigenvalue weighted by atomic mass is 16.5. The lowest BCUT2D eigenvalue weighted by atomic mass is 10.2. The van der Waals surface area contributed by atoms with Crippen LogP contribution in [-0.2, 0) is 16.1 Å². The van der Waals surface area contributed by atoms with Crippen molar-refractivity contribution in [3.8, 4) is 6.07 Å². The second-order valence-corrected chi connectivity index (χ2v) is 7.21. The number of nitrogens with zero attached hydrogens (tertiary/aromatic N) is 3. The standard InChI is InChI=1S/C20H26N4O3/c1-13-9-23(10-14(2)27-13)12-19(25)22-20-18(8-21)15(3)16(4)24(20)11-17-6-5-7-26-17/h5-7,13-14H,9-12H2,1-4H3,(H,22,25)/t13-,14-/m0/s1. The van der Waals surface area contributed by atoms with E-state index in [-0.39, 0.29) is 24.7 Å². The van der Waals surface area contributed by atoms with Crippen LogP contribution in [0.4, 0.5) is 5.82 Å². The fraction of sp³-hybridized carbons (Fsp3) is 0.500. The molecule has 0 unspecified atom stereocenters. The summed E-state index contributed by atoms with van der Waals surface area (Å²) in [7, 11) is 0. The van der Waals surface area contributed by atoms with Gasteiger partial charge in [0.1, 0.15) is 17.6 Å². The number of carbonyl (C=O) groups is 1. The maximum Gasteiger partial charge on any atom is 0.239 e. The van der Waals surface area contributed by atoms with E-state index in [2.05, 4.69) is 16.3 Å². The Morgan fingerprint density at radius 1 is 1.33 bits per heavy atom. The second kappa shape index (κ2) is 7.99. The molecule has 2 aromatic rings. The molecule has 3 heterocycles. The van der Waals surface area contributed by atoms with Gasteiger partial charge in [0.2, 0.25) is 5.91 Å². The lowest BCUT2D eigenvalue weighted by molar-refractivity contribution is -0.121. The van der Waals surface area contributed by atoms with E-state index in [0.717, 1.165) is 17.0 Å². The van der Waals surface area contributed by atoms with Gasteiger partial charge in [-0.3, -0.25) is 9.69 Å². The van der Waals surface area contributed by atoms with Crippen LogP contribution in [0, 0.1) is 25.2 Å². The van der Waals surface area contributed by atoms with Crippen LogP contribution in [0.5, 0.6) is 0 Å². The Balaban J connectivity index is 1.79. The molecular weight excluding hydrogens is 344 g/mol. The van der Waals surface area contributed by atoms with Crippen LogP contribution in [0.15, 0.2) is 22.8 Å². The summed E-state index contributed by atoms with van der Waals surface area (Å²) in [6.07, 6.45) is 1.82. The molecule has 0 spiro atoms. The first-order valence-electron chi connectivity index (χ1n) is 9.18. The highest BCUT2D eigenvalue weighted by Crippen LogP contribution is 2.27. The number of nitrogens with one attached hydrogen (secondary N) is 1. The van der Waals surface area contributed by atoms with Crippen LogP contribution in [0.25, 0.3) is 0 Å². The molecule has 0 radical (unpaired) electrons. The van der Waals surface area contributed by atoms with Crippen molar-refractivity contribution < 1.29 is 13.9 Å². The SMILES string of the molecule is Cc1c(C#N)c(NC(=O)CN2C[C@H](C)O[C@@H](C)C2)n(Cc2ccco2)c1C. The minimum Gasteiger partial charge on any atom is -0.467 e. The molecule has 7 nitrogen and oxygen atoms in total. The minimum absolute atomic E-state index is 0.100. The molecule has 2 aromatic heterocycles. The van der Waals surface area contributed by atoms with E-state index in [9.17, 15) is 10.1 Å². The van der Waals surface area contributed by atoms with E-state index >= 15 is 0 Å². The summed E-state index contributed by atoms with van der Waals surface area (Å²) in [5.74, 6) is 1.16. The molecule has 1 N–H and O–H groups in total. The molecule has 1 aliphatic rings. The topological polar surface area (TPSA) is 83.4 Å². The fourth-order valence-electron chi connectivity index (χ4n) is 3.67. The van der Waals surface area contributed by atoms with Crippen molar-refractivity contribution >= 4 is 11.7 Å². The van der Waals surface area contributed by atoms with Crippen molar-refractivity contribution in [1.29, 1.82) is 5.26 Å². The van der Waals surface area contributed by atoms with Gasteiger partial charge >= 0.3 is 0 Å². The quantitative estimate of drug-likeness (QED) is 0.875. The second-order valence-electron chi connectivity index (χ2n) is 7.21. The molecule has 7 heteroatoms.